The monoisotopic (exact) mass is 496 g/mol. The van der Waals surface area contributed by atoms with Crippen molar-refractivity contribution >= 4 is 39.3 Å². The number of benzene rings is 1. The summed E-state index contributed by atoms with van der Waals surface area (Å²) in [6.07, 6.45) is 1.98. The van der Waals surface area contributed by atoms with Crippen LogP contribution >= 0.6 is 11.8 Å². The first-order valence-corrected chi connectivity index (χ1v) is 12.8. The third-order valence-electron chi connectivity index (χ3n) is 4.79. The van der Waals surface area contributed by atoms with Crippen LogP contribution in [-0.2, 0) is 14.8 Å². The number of anilines is 2. The van der Waals surface area contributed by atoms with E-state index in [4.69, 9.17) is 0 Å². The zero-order chi connectivity index (χ0) is 24.9. The van der Waals surface area contributed by atoms with E-state index in [1.54, 1.807) is 13.0 Å². The second-order valence-corrected chi connectivity index (χ2v) is 10.4. The molecule has 176 valence electrons. The number of aryl methyl sites for hydroxylation is 3. The third-order valence-corrected chi connectivity index (χ3v) is 7.49. The molecule has 9 nitrogen and oxygen atoms in total. The summed E-state index contributed by atoms with van der Waals surface area (Å²) in [7, 11) is -3.88. The van der Waals surface area contributed by atoms with Gasteiger partial charge in [0.15, 0.2) is 0 Å². The summed E-state index contributed by atoms with van der Waals surface area (Å²) in [4.78, 5) is 25.3. The first-order valence-electron chi connectivity index (χ1n) is 10.4. The van der Waals surface area contributed by atoms with Gasteiger partial charge in [0.05, 0.1) is 15.7 Å². The van der Waals surface area contributed by atoms with Gasteiger partial charge in [-0.1, -0.05) is 18.7 Å². The summed E-state index contributed by atoms with van der Waals surface area (Å²) in [5.74, 6) is -0.281. The Morgan fingerprint density at radius 1 is 1.12 bits per heavy atom. The van der Waals surface area contributed by atoms with Gasteiger partial charge in [0.2, 0.25) is 11.9 Å². The number of nitriles is 1. The molecule has 0 aliphatic rings. The van der Waals surface area contributed by atoms with E-state index < -0.39 is 15.3 Å². The quantitative estimate of drug-likeness (QED) is 0.447. The van der Waals surface area contributed by atoms with Crippen LogP contribution < -0.4 is 10.0 Å². The summed E-state index contributed by atoms with van der Waals surface area (Å²) in [6, 6.07) is 11.5. The van der Waals surface area contributed by atoms with Crippen LogP contribution in [0, 0.1) is 32.1 Å². The van der Waals surface area contributed by atoms with Gasteiger partial charge in [0.25, 0.3) is 10.0 Å². The molecule has 0 spiro atoms. The highest BCUT2D eigenvalue weighted by Crippen LogP contribution is 2.30. The molecular formula is C23H24N6O3S2. The van der Waals surface area contributed by atoms with Crippen molar-refractivity contribution in [1.29, 1.82) is 5.26 Å². The molecule has 1 atom stereocenters. The fourth-order valence-corrected chi connectivity index (χ4v) is 5.17. The molecule has 1 amide bonds. The number of pyridine rings is 1. The minimum atomic E-state index is -3.88. The standard InChI is InChI=1S/C23H24N6O3S2/c1-5-20(33-22-19(13-24)14(2)12-16(4)26-22)21(30)28-17-6-8-18(9-7-17)34(31,32)29-23-25-11-10-15(3)27-23/h6-12,20H,5H2,1-4H3,(H,28,30)(H,25,27,29). The summed E-state index contributed by atoms with van der Waals surface area (Å²) >= 11 is 1.24. The van der Waals surface area contributed by atoms with E-state index >= 15 is 0 Å². The van der Waals surface area contributed by atoms with Crippen LogP contribution in [0.25, 0.3) is 0 Å². The van der Waals surface area contributed by atoms with Gasteiger partial charge in [-0.3, -0.25) is 4.79 Å². The van der Waals surface area contributed by atoms with E-state index in [9.17, 15) is 18.5 Å². The topological polar surface area (TPSA) is 138 Å². The van der Waals surface area contributed by atoms with Gasteiger partial charge >= 0.3 is 0 Å². The number of sulfonamides is 1. The van der Waals surface area contributed by atoms with Gasteiger partial charge < -0.3 is 5.32 Å². The molecule has 2 N–H and O–H groups in total. The number of hydrogen-bond acceptors (Lipinski definition) is 8. The van der Waals surface area contributed by atoms with Crippen LogP contribution in [0.2, 0.25) is 0 Å². The zero-order valence-electron chi connectivity index (χ0n) is 19.2. The highest BCUT2D eigenvalue weighted by Gasteiger charge is 2.22. The Hall–Kier alpha value is -3.49. The van der Waals surface area contributed by atoms with E-state index in [2.05, 4.69) is 31.1 Å². The van der Waals surface area contributed by atoms with Crippen molar-refractivity contribution < 1.29 is 13.2 Å². The average Bonchev–Trinajstić information content (AvgIpc) is 2.77. The number of carbonyl (C=O) groups is 1. The van der Waals surface area contributed by atoms with E-state index in [0.29, 0.717) is 28.4 Å². The first kappa shape index (κ1) is 25.1. The van der Waals surface area contributed by atoms with Gasteiger partial charge in [-0.05, 0) is 69.2 Å². The largest absolute Gasteiger partial charge is 0.325 e. The fourth-order valence-electron chi connectivity index (χ4n) is 3.10. The lowest BCUT2D eigenvalue weighted by atomic mass is 10.1. The van der Waals surface area contributed by atoms with Crippen molar-refractivity contribution in [2.45, 2.75) is 49.3 Å². The molecule has 0 saturated carbocycles. The van der Waals surface area contributed by atoms with E-state index in [0.717, 1.165) is 11.3 Å². The Bertz CT molecular complexity index is 1350. The molecule has 0 aliphatic carbocycles. The highest BCUT2D eigenvalue weighted by molar-refractivity contribution is 8.00. The van der Waals surface area contributed by atoms with Gasteiger partial charge in [-0.25, -0.2) is 28.1 Å². The Kier molecular flexibility index (Phi) is 7.86. The Morgan fingerprint density at radius 3 is 2.44 bits per heavy atom. The second-order valence-electron chi connectivity index (χ2n) is 7.53. The van der Waals surface area contributed by atoms with Crippen LogP contribution in [0.3, 0.4) is 0 Å². The molecule has 0 aliphatic heterocycles. The molecule has 0 fully saturated rings. The lowest BCUT2D eigenvalue weighted by Crippen LogP contribution is -2.25. The van der Waals surface area contributed by atoms with Crippen molar-refractivity contribution in [2.24, 2.45) is 0 Å². The maximum atomic E-state index is 12.9. The molecule has 2 aromatic heterocycles. The SMILES string of the molecule is CCC(Sc1nc(C)cc(C)c1C#N)C(=O)Nc1ccc(S(=O)(=O)Nc2nccc(C)n2)cc1. The van der Waals surface area contributed by atoms with Crippen LogP contribution in [0.15, 0.2) is 52.5 Å². The second kappa shape index (κ2) is 10.6. The number of carbonyl (C=O) groups excluding carboxylic acids is 1. The molecule has 0 saturated heterocycles. The summed E-state index contributed by atoms with van der Waals surface area (Å²) in [6.45, 7) is 7.29. The number of nitrogens with zero attached hydrogens (tertiary/aromatic N) is 4. The minimum Gasteiger partial charge on any atom is -0.325 e. The predicted octanol–water partition coefficient (Wildman–Crippen LogP) is 3.98. The molecule has 1 unspecified atom stereocenters. The maximum Gasteiger partial charge on any atom is 0.264 e. The average molecular weight is 497 g/mol. The van der Waals surface area contributed by atoms with Crippen molar-refractivity contribution in [3.63, 3.8) is 0 Å². The lowest BCUT2D eigenvalue weighted by Gasteiger charge is -2.16. The molecular weight excluding hydrogens is 472 g/mol. The number of aromatic nitrogens is 3. The number of nitrogens with one attached hydrogen (secondary N) is 2. The van der Waals surface area contributed by atoms with Gasteiger partial charge in [-0.15, -0.1) is 0 Å². The summed E-state index contributed by atoms with van der Waals surface area (Å²) < 4.78 is 27.5. The van der Waals surface area contributed by atoms with Crippen LogP contribution in [-0.4, -0.2) is 34.5 Å². The number of thioether (sulfide) groups is 1. The van der Waals surface area contributed by atoms with Gasteiger partial charge in [0.1, 0.15) is 11.1 Å². The van der Waals surface area contributed by atoms with Crippen LogP contribution in [0.1, 0.15) is 35.9 Å². The number of rotatable bonds is 8. The summed E-state index contributed by atoms with van der Waals surface area (Å²) in [5.41, 5.74) is 3.13. The van der Waals surface area contributed by atoms with Gasteiger partial charge in [0, 0.05) is 23.3 Å². The highest BCUT2D eigenvalue weighted by atomic mass is 32.2. The van der Waals surface area contributed by atoms with Crippen molar-refractivity contribution in [2.75, 3.05) is 10.0 Å². The smallest absolute Gasteiger partial charge is 0.264 e. The molecule has 0 radical (unpaired) electrons. The molecule has 34 heavy (non-hydrogen) atoms. The molecule has 3 rings (SSSR count). The Balaban J connectivity index is 1.72. The predicted molar refractivity (Wildman–Crippen MR) is 131 cm³/mol. The van der Waals surface area contributed by atoms with Crippen molar-refractivity contribution in [1.82, 2.24) is 15.0 Å². The number of amides is 1. The van der Waals surface area contributed by atoms with E-state index in [1.165, 1.54) is 42.2 Å². The fraction of sp³-hybridized carbons (Fsp3) is 0.261. The molecule has 1 aromatic carbocycles. The molecule has 2 heterocycles. The molecule has 0 bridgehead atoms. The molecule has 3 aromatic rings. The first-order chi connectivity index (χ1) is 16.1. The van der Waals surface area contributed by atoms with Crippen LogP contribution in [0.5, 0.6) is 0 Å². The Labute approximate surface area is 203 Å². The van der Waals surface area contributed by atoms with Crippen molar-refractivity contribution in [3.05, 3.63) is 65.1 Å². The summed E-state index contributed by atoms with van der Waals surface area (Å²) in [5, 5.41) is 12.3. The number of hydrogen-bond donors (Lipinski definition) is 2. The molecule has 11 heteroatoms. The maximum absolute atomic E-state index is 12.9. The van der Waals surface area contributed by atoms with Gasteiger partial charge in [-0.2, -0.15) is 5.26 Å². The zero-order valence-corrected chi connectivity index (χ0v) is 20.8. The Morgan fingerprint density at radius 2 is 1.82 bits per heavy atom. The minimum absolute atomic E-state index is 0.00937. The van der Waals surface area contributed by atoms with Crippen LogP contribution in [0.4, 0.5) is 11.6 Å². The third kappa shape index (κ3) is 6.09. The lowest BCUT2D eigenvalue weighted by molar-refractivity contribution is -0.115. The normalized spacial score (nSPS) is 12.0. The van der Waals surface area contributed by atoms with E-state index in [1.807, 2.05) is 26.8 Å². The van der Waals surface area contributed by atoms with Crippen molar-refractivity contribution in [3.8, 4) is 6.07 Å². The van der Waals surface area contributed by atoms with E-state index in [-0.39, 0.29) is 16.8 Å².